The summed E-state index contributed by atoms with van der Waals surface area (Å²) >= 11 is 0. The lowest BCUT2D eigenvalue weighted by molar-refractivity contribution is -0.870. The fraction of sp³-hybridized carbons (Fsp3) is 0.600. The third kappa shape index (κ3) is 62.8. The highest BCUT2D eigenvalue weighted by Crippen LogP contribution is 2.43. The topological polar surface area (TPSA) is 108 Å². The number of phosphoric ester groups is 1. The zero-order valence-electron chi connectivity index (χ0n) is 51.2. The van der Waals surface area contributed by atoms with E-state index in [0.717, 1.165) is 135 Å². The van der Waals surface area contributed by atoms with Gasteiger partial charge in [0.25, 0.3) is 0 Å². The van der Waals surface area contributed by atoms with Gasteiger partial charge in [-0.05, 0) is 128 Å². The van der Waals surface area contributed by atoms with Crippen molar-refractivity contribution in [2.24, 2.45) is 0 Å². The van der Waals surface area contributed by atoms with Crippen molar-refractivity contribution in [1.29, 1.82) is 0 Å². The Balaban J connectivity index is 4.15. The van der Waals surface area contributed by atoms with Gasteiger partial charge in [-0.3, -0.25) is 18.6 Å². The lowest BCUT2D eigenvalue weighted by Crippen LogP contribution is -2.37. The maximum Gasteiger partial charge on any atom is 0.472 e. The minimum atomic E-state index is -4.40. The van der Waals surface area contributed by atoms with Gasteiger partial charge in [-0.1, -0.05) is 236 Å². The Morgan fingerprint density at radius 2 is 0.713 bits per heavy atom. The van der Waals surface area contributed by atoms with Crippen molar-refractivity contribution >= 4 is 19.8 Å². The number of hydrogen-bond donors (Lipinski definition) is 1. The molecule has 0 amide bonds. The summed E-state index contributed by atoms with van der Waals surface area (Å²) < 4.78 is 34.5. The van der Waals surface area contributed by atoms with Crippen LogP contribution in [0.25, 0.3) is 0 Å². The largest absolute Gasteiger partial charge is 0.472 e. The van der Waals surface area contributed by atoms with Gasteiger partial charge in [-0.25, -0.2) is 4.57 Å². The van der Waals surface area contributed by atoms with Gasteiger partial charge in [-0.15, -0.1) is 0 Å². The van der Waals surface area contributed by atoms with Gasteiger partial charge in [-0.2, -0.15) is 0 Å². The van der Waals surface area contributed by atoms with Crippen molar-refractivity contribution in [3.05, 3.63) is 158 Å². The molecule has 2 atom stereocenters. The maximum absolute atomic E-state index is 12.8. The summed E-state index contributed by atoms with van der Waals surface area (Å²) in [4.78, 5) is 35.7. The standard InChI is InChI=1S/C70H114NO8P/c1-6-8-10-12-14-16-18-20-22-23-24-25-26-27-28-29-30-31-32-33-34-35-36-37-38-39-40-41-42-43-44-45-46-47-49-51-53-55-57-59-61-63-70(73)79-68(67-78-80(74,75)77-65-64-71(3,4)5)66-76-69(72)62-60-58-56-54-52-50-48-21-19-17-15-13-11-9-7-2/h8,10,14-17,20-22,24-25,27-28,30-31,33-34,36-37,39-40,42-43,45-46,48,68H,6-7,9,11-13,18-19,23,26,29,32,35,38,41,44,47,49-67H2,1-5H3/p+1/b10-8-,16-14-,17-15-,22-20-,25-24-,28-27-,31-30-,34-33-,37-36-,40-39-,43-42-,46-45-,48-21-. The van der Waals surface area contributed by atoms with Gasteiger partial charge in [0.1, 0.15) is 19.8 Å². The number of nitrogens with zero attached hydrogens (tertiary/aromatic N) is 1. The minimum absolute atomic E-state index is 0.0189. The SMILES string of the molecule is CC/C=C\C/C=C\C/C=C\C/C=C\C/C=C\C/C=C\C/C=C\C/C=C\C/C=C\C/C=C\C/C=C\CCCCCCCCCC(=O)OC(COC(=O)CCCCCCC/C=C\C/C=C\CCCCC)COP(=O)(O)OCC[N+](C)(C)C. The van der Waals surface area contributed by atoms with Crippen molar-refractivity contribution in [1.82, 2.24) is 0 Å². The average Bonchev–Trinajstić information content (AvgIpc) is 3.42. The zero-order valence-corrected chi connectivity index (χ0v) is 52.1. The molecule has 0 aromatic heterocycles. The highest BCUT2D eigenvalue weighted by atomic mass is 31.2. The second kappa shape index (κ2) is 59.3. The molecule has 0 saturated carbocycles. The van der Waals surface area contributed by atoms with Gasteiger partial charge in [0.15, 0.2) is 6.10 Å². The van der Waals surface area contributed by atoms with E-state index in [1.54, 1.807) is 0 Å². The Labute approximate surface area is 490 Å². The van der Waals surface area contributed by atoms with E-state index in [1.165, 1.54) is 44.9 Å². The molecule has 0 spiro atoms. The number of phosphoric acid groups is 1. The summed E-state index contributed by atoms with van der Waals surface area (Å²) in [6.07, 6.45) is 89.0. The fourth-order valence-corrected chi connectivity index (χ4v) is 8.50. The van der Waals surface area contributed by atoms with Gasteiger partial charge >= 0.3 is 19.8 Å². The van der Waals surface area contributed by atoms with Crippen molar-refractivity contribution < 1.29 is 42.1 Å². The van der Waals surface area contributed by atoms with Crippen LogP contribution >= 0.6 is 7.82 Å². The first-order valence-corrected chi connectivity index (χ1v) is 32.7. The third-order valence-electron chi connectivity index (χ3n) is 12.5. The van der Waals surface area contributed by atoms with E-state index in [0.29, 0.717) is 23.9 Å². The number of quaternary nitrogens is 1. The molecule has 0 aromatic carbocycles. The molecule has 10 heteroatoms. The first-order chi connectivity index (χ1) is 39.0. The van der Waals surface area contributed by atoms with Crippen molar-refractivity contribution in [3.63, 3.8) is 0 Å². The average molecular weight is 1130 g/mol. The Morgan fingerprint density at radius 1 is 0.400 bits per heavy atom. The first-order valence-electron chi connectivity index (χ1n) is 31.2. The predicted molar refractivity (Wildman–Crippen MR) is 343 cm³/mol. The number of esters is 2. The Kier molecular flexibility index (Phi) is 56.0. The normalized spacial score (nSPS) is 14.3. The second-order valence-electron chi connectivity index (χ2n) is 21.4. The van der Waals surface area contributed by atoms with Crippen molar-refractivity contribution in [2.75, 3.05) is 47.5 Å². The van der Waals surface area contributed by atoms with E-state index < -0.39 is 26.5 Å². The quantitative estimate of drug-likeness (QED) is 0.0211. The lowest BCUT2D eigenvalue weighted by atomic mass is 10.1. The summed E-state index contributed by atoms with van der Waals surface area (Å²) in [7, 11) is 1.44. The number of likely N-dealkylation sites (N-methyl/N-ethyl adjacent to an activating group) is 1. The Bertz CT molecular complexity index is 1900. The van der Waals surface area contributed by atoms with Gasteiger partial charge in [0, 0.05) is 12.8 Å². The number of rotatable bonds is 55. The fourth-order valence-electron chi connectivity index (χ4n) is 7.75. The first kappa shape index (κ1) is 75.6. The molecule has 2 unspecified atom stereocenters. The molecule has 80 heavy (non-hydrogen) atoms. The van der Waals surface area contributed by atoms with Crippen LogP contribution in [0.5, 0.6) is 0 Å². The lowest BCUT2D eigenvalue weighted by Gasteiger charge is -2.24. The van der Waals surface area contributed by atoms with Crippen LogP contribution in [0.2, 0.25) is 0 Å². The van der Waals surface area contributed by atoms with E-state index in [-0.39, 0.29) is 32.0 Å². The second-order valence-corrected chi connectivity index (χ2v) is 22.8. The molecule has 0 fully saturated rings. The summed E-state index contributed by atoms with van der Waals surface area (Å²) in [5.41, 5.74) is 0. The minimum Gasteiger partial charge on any atom is -0.462 e. The molecule has 0 aliphatic heterocycles. The van der Waals surface area contributed by atoms with Crippen LogP contribution in [-0.2, 0) is 32.7 Å². The van der Waals surface area contributed by atoms with E-state index >= 15 is 0 Å². The van der Waals surface area contributed by atoms with Crippen LogP contribution in [0.3, 0.4) is 0 Å². The highest BCUT2D eigenvalue weighted by molar-refractivity contribution is 7.47. The summed E-state index contributed by atoms with van der Waals surface area (Å²) in [5.74, 6) is -0.838. The molecule has 0 aliphatic rings. The van der Waals surface area contributed by atoms with Gasteiger partial charge in [0.05, 0.1) is 27.7 Å². The van der Waals surface area contributed by atoms with E-state index in [4.69, 9.17) is 18.5 Å². The predicted octanol–water partition coefficient (Wildman–Crippen LogP) is 20.0. The smallest absolute Gasteiger partial charge is 0.462 e. The molecule has 0 bridgehead atoms. The molecule has 0 aliphatic carbocycles. The third-order valence-corrected chi connectivity index (χ3v) is 13.5. The Hall–Kier alpha value is -4.37. The monoisotopic (exact) mass is 1130 g/mol. The number of allylic oxidation sites excluding steroid dienone is 26. The zero-order chi connectivity index (χ0) is 58.4. The van der Waals surface area contributed by atoms with Crippen LogP contribution in [0.1, 0.15) is 219 Å². The van der Waals surface area contributed by atoms with Crippen LogP contribution in [0.15, 0.2) is 158 Å². The van der Waals surface area contributed by atoms with E-state index in [1.807, 2.05) is 21.1 Å². The van der Waals surface area contributed by atoms with Crippen LogP contribution < -0.4 is 0 Å². The number of carbonyl (C=O) groups excluding carboxylic acids is 2. The molecule has 0 radical (unpaired) electrons. The molecule has 0 rings (SSSR count). The highest BCUT2D eigenvalue weighted by Gasteiger charge is 2.27. The van der Waals surface area contributed by atoms with E-state index in [2.05, 4.69) is 172 Å². The van der Waals surface area contributed by atoms with Crippen LogP contribution in [0, 0.1) is 0 Å². The van der Waals surface area contributed by atoms with Crippen molar-refractivity contribution in [3.8, 4) is 0 Å². The molecule has 0 aromatic rings. The van der Waals surface area contributed by atoms with Gasteiger partial charge in [0.2, 0.25) is 0 Å². The number of hydrogen-bond acceptors (Lipinski definition) is 7. The maximum atomic E-state index is 12.8. The van der Waals surface area contributed by atoms with Gasteiger partial charge < -0.3 is 18.9 Å². The van der Waals surface area contributed by atoms with Crippen LogP contribution in [0.4, 0.5) is 0 Å². The Morgan fingerprint density at radius 3 is 1.06 bits per heavy atom. The summed E-state index contributed by atoms with van der Waals surface area (Å²) in [6.45, 7) is 4.24. The summed E-state index contributed by atoms with van der Waals surface area (Å²) in [6, 6.07) is 0. The van der Waals surface area contributed by atoms with E-state index in [9.17, 15) is 19.0 Å². The molecular formula is C70H115NO8P+. The van der Waals surface area contributed by atoms with Crippen LogP contribution in [-0.4, -0.2) is 74.9 Å². The number of unbranched alkanes of at least 4 members (excludes halogenated alkanes) is 15. The molecular weight excluding hydrogens is 1010 g/mol. The molecule has 452 valence electrons. The molecule has 1 N–H and O–H groups in total. The molecule has 0 heterocycles. The number of ether oxygens (including phenoxy) is 2. The van der Waals surface area contributed by atoms with Crippen molar-refractivity contribution in [2.45, 2.75) is 225 Å². The number of carbonyl (C=O) groups is 2. The molecule has 0 saturated heterocycles. The molecule has 9 nitrogen and oxygen atoms in total. The summed E-state index contributed by atoms with van der Waals surface area (Å²) in [5, 5.41) is 0.